The topological polar surface area (TPSA) is 66.2 Å². The molecule has 0 spiro atoms. The van der Waals surface area contributed by atoms with Crippen molar-refractivity contribution in [3.05, 3.63) is 29.6 Å². The molecule has 1 aromatic carbocycles. The molecule has 0 aliphatic rings. The van der Waals surface area contributed by atoms with Crippen molar-refractivity contribution in [2.24, 2.45) is 0 Å². The second-order valence-corrected chi connectivity index (χ2v) is 3.19. The van der Waals surface area contributed by atoms with E-state index >= 15 is 0 Å². The van der Waals surface area contributed by atoms with Crippen molar-refractivity contribution in [1.82, 2.24) is 0 Å². The highest BCUT2D eigenvalue weighted by Gasteiger charge is 1.99. The van der Waals surface area contributed by atoms with Crippen molar-refractivity contribution in [2.45, 2.75) is 5.75 Å². The summed E-state index contributed by atoms with van der Waals surface area (Å²) in [4.78, 5) is 0. The fourth-order valence-corrected chi connectivity index (χ4v) is 1.34. The van der Waals surface area contributed by atoms with Crippen LogP contribution in [0.4, 0.5) is 10.1 Å². The molecule has 0 bridgehead atoms. The van der Waals surface area contributed by atoms with E-state index in [1.165, 1.54) is 12.1 Å². The summed E-state index contributed by atoms with van der Waals surface area (Å²) < 4.78 is 33.0. The molecular formula is C7H7FNO2S-. The number of rotatable bonds is 2. The van der Waals surface area contributed by atoms with Gasteiger partial charge in [-0.15, -0.1) is 0 Å². The summed E-state index contributed by atoms with van der Waals surface area (Å²) in [6.07, 6.45) is 0. The van der Waals surface area contributed by atoms with Gasteiger partial charge in [0.25, 0.3) is 0 Å². The van der Waals surface area contributed by atoms with Crippen molar-refractivity contribution < 1.29 is 13.2 Å². The summed E-state index contributed by atoms with van der Waals surface area (Å²) in [5, 5.41) is 0. The Labute approximate surface area is 71.7 Å². The Morgan fingerprint density at radius 3 is 2.75 bits per heavy atom. The van der Waals surface area contributed by atoms with Gasteiger partial charge in [-0.25, -0.2) is 4.39 Å². The van der Waals surface area contributed by atoms with Crippen LogP contribution in [-0.4, -0.2) is 8.76 Å². The first-order valence-corrected chi connectivity index (χ1v) is 4.44. The van der Waals surface area contributed by atoms with Crippen molar-refractivity contribution in [1.29, 1.82) is 0 Å². The number of halogens is 1. The van der Waals surface area contributed by atoms with E-state index in [2.05, 4.69) is 0 Å². The lowest BCUT2D eigenvalue weighted by molar-refractivity contribution is 0.536. The first-order valence-electron chi connectivity index (χ1n) is 3.19. The molecule has 0 amide bonds. The molecule has 1 atom stereocenters. The zero-order valence-corrected chi connectivity index (χ0v) is 6.94. The molecule has 0 saturated heterocycles. The van der Waals surface area contributed by atoms with E-state index in [0.717, 1.165) is 6.07 Å². The van der Waals surface area contributed by atoms with Gasteiger partial charge >= 0.3 is 0 Å². The number of benzene rings is 1. The van der Waals surface area contributed by atoms with Gasteiger partial charge in [0.2, 0.25) is 0 Å². The van der Waals surface area contributed by atoms with E-state index in [9.17, 15) is 13.2 Å². The van der Waals surface area contributed by atoms with Gasteiger partial charge in [-0.3, -0.25) is 4.21 Å². The van der Waals surface area contributed by atoms with Crippen LogP contribution in [0.1, 0.15) is 5.56 Å². The number of nitrogens with two attached hydrogens (primary N) is 1. The van der Waals surface area contributed by atoms with Crippen LogP contribution in [0.15, 0.2) is 18.2 Å². The van der Waals surface area contributed by atoms with Gasteiger partial charge in [0.1, 0.15) is 5.82 Å². The average Bonchev–Trinajstić information content (AvgIpc) is 1.94. The molecular weight excluding hydrogens is 181 g/mol. The van der Waals surface area contributed by atoms with E-state index in [4.69, 9.17) is 5.73 Å². The first kappa shape index (κ1) is 9.15. The number of nitrogen functional groups attached to an aromatic ring is 1. The molecule has 1 unspecified atom stereocenters. The highest BCUT2D eigenvalue weighted by molar-refractivity contribution is 7.78. The largest absolute Gasteiger partial charge is 0.772 e. The molecule has 12 heavy (non-hydrogen) atoms. The van der Waals surface area contributed by atoms with Crippen molar-refractivity contribution >= 4 is 16.8 Å². The van der Waals surface area contributed by atoms with E-state index in [-0.39, 0.29) is 11.4 Å². The van der Waals surface area contributed by atoms with Crippen LogP contribution in [0.5, 0.6) is 0 Å². The van der Waals surface area contributed by atoms with Crippen LogP contribution in [0.25, 0.3) is 0 Å². The van der Waals surface area contributed by atoms with Crippen LogP contribution in [0.3, 0.4) is 0 Å². The summed E-state index contributed by atoms with van der Waals surface area (Å²) in [7, 11) is 0. The molecule has 66 valence electrons. The molecule has 0 aliphatic heterocycles. The predicted molar refractivity (Wildman–Crippen MR) is 43.4 cm³/mol. The Balaban J connectivity index is 2.93. The van der Waals surface area contributed by atoms with E-state index in [0.29, 0.717) is 5.56 Å². The molecule has 0 saturated carbocycles. The fourth-order valence-electron chi connectivity index (χ4n) is 0.824. The Morgan fingerprint density at radius 2 is 2.25 bits per heavy atom. The van der Waals surface area contributed by atoms with Gasteiger partial charge in [0.15, 0.2) is 0 Å². The Kier molecular flexibility index (Phi) is 2.78. The summed E-state index contributed by atoms with van der Waals surface area (Å²) in [6.45, 7) is 0. The number of hydrogen-bond acceptors (Lipinski definition) is 3. The summed E-state index contributed by atoms with van der Waals surface area (Å²) in [5.41, 5.74) is 5.94. The smallest absolute Gasteiger partial charge is 0.125 e. The third-order valence-electron chi connectivity index (χ3n) is 1.38. The molecule has 0 heterocycles. The Morgan fingerprint density at radius 1 is 1.58 bits per heavy atom. The molecule has 3 nitrogen and oxygen atoms in total. The SMILES string of the molecule is Nc1cc(F)ccc1CS(=O)[O-]. The lowest BCUT2D eigenvalue weighted by Gasteiger charge is -2.07. The summed E-state index contributed by atoms with van der Waals surface area (Å²) >= 11 is -2.19. The van der Waals surface area contributed by atoms with Gasteiger partial charge in [-0.1, -0.05) is 17.1 Å². The quantitative estimate of drug-likeness (QED) is 0.551. The molecule has 1 rings (SSSR count). The van der Waals surface area contributed by atoms with Crippen LogP contribution < -0.4 is 5.73 Å². The maximum absolute atomic E-state index is 12.5. The number of anilines is 1. The van der Waals surface area contributed by atoms with E-state index < -0.39 is 16.9 Å². The maximum Gasteiger partial charge on any atom is 0.125 e. The second-order valence-electron chi connectivity index (χ2n) is 2.29. The van der Waals surface area contributed by atoms with Crippen molar-refractivity contribution in [2.75, 3.05) is 5.73 Å². The van der Waals surface area contributed by atoms with Crippen LogP contribution in [-0.2, 0) is 16.8 Å². The molecule has 1 aromatic rings. The van der Waals surface area contributed by atoms with Crippen molar-refractivity contribution in [3.8, 4) is 0 Å². The molecule has 5 heteroatoms. The average molecular weight is 188 g/mol. The highest BCUT2D eigenvalue weighted by atomic mass is 32.2. The third-order valence-corrected chi connectivity index (χ3v) is 1.93. The minimum Gasteiger partial charge on any atom is -0.772 e. The molecule has 0 fully saturated rings. The third kappa shape index (κ3) is 2.28. The van der Waals surface area contributed by atoms with E-state index in [1.54, 1.807) is 0 Å². The lowest BCUT2D eigenvalue weighted by Crippen LogP contribution is -1.99. The zero-order valence-electron chi connectivity index (χ0n) is 6.12. The minimum atomic E-state index is -2.19. The first-order chi connectivity index (χ1) is 5.59. The number of hydrogen-bond donors (Lipinski definition) is 1. The van der Waals surface area contributed by atoms with Gasteiger partial charge < -0.3 is 10.3 Å². The molecule has 2 N–H and O–H groups in total. The highest BCUT2D eigenvalue weighted by Crippen LogP contribution is 2.14. The van der Waals surface area contributed by atoms with Gasteiger partial charge in [-0.2, -0.15) is 0 Å². The molecule has 0 aliphatic carbocycles. The molecule has 0 radical (unpaired) electrons. The maximum atomic E-state index is 12.5. The summed E-state index contributed by atoms with van der Waals surface area (Å²) in [5.74, 6) is -0.639. The fraction of sp³-hybridized carbons (Fsp3) is 0.143. The normalized spacial score (nSPS) is 12.8. The second kappa shape index (κ2) is 3.64. The van der Waals surface area contributed by atoms with Crippen LogP contribution >= 0.6 is 0 Å². The lowest BCUT2D eigenvalue weighted by atomic mass is 10.2. The standard InChI is InChI=1S/C7H8FNO2S/c8-6-2-1-5(4-12(10)11)7(9)3-6/h1-3H,4,9H2,(H,10,11)/p-1. The van der Waals surface area contributed by atoms with Gasteiger partial charge in [0.05, 0.1) is 0 Å². The predicted octanol–water partition coefficient (Wildman–Crippen LogP) is 0.787. The van der Waals surface area contributed by atoms with Crippen molar-refractivity contribution in [3.63, 3.8) is 0 Å². The Hall–Kier alpha value is -0.940. The zero-order chi connectivity index (χ0) is 9.14. The van der Waals surface area contributed by atoms with Crippen LogP contribution in [0, 0.1) is 5.82 Å². The minimum absolute atomic E-state index is 0.166. The Bertz CT molecular complexity index is 316. The monoisotopic (exact) mass is 188 g/mol. The van der Waals surface area contributed by atoms with Crippen LogP contribution in [0.2, 0.25) is 0 Å². The van der Waals surface area contributed by atoms with Gasteiger partial charge in [-0.05, 0) is 17.7 Å². The molecule has 0 aromatic heterocycles. The van der Waals surface area contributed by atoms with E-state index in [1.807, 2.05) is 0 Å². The summed E-state index contributed by atoms with van der Waals surface area (Å²) in [6, 6.07) is 3.64. The van der Waals surface area contributed by atoms with Gasteiger partial charge in [0, 0.05) is 11.4 Å².